The minimum Gasteiger partial charge on any atom is -0.384 e. The Morgan fingerprint density at radius 1 is 1.09 bits per heavy atom. The van der Waals surface area contributed by atoms with E-state index in [1.807, 2.05) is 24.3 Å². The largest absolute Gasteiger partial charge is 0.384 e. The topological polar surface area (TPSA) is 101 Å². The third-order valence-corrected chi connectivity index (χ3v) is 4.40. The zero-order valence-electron chi connectivity index (χ0n) is 11.4. The molecular weight excluding hydrogens is 318 g/mol. The first-order valence-corrected chi connectivity index (χ1v) is 7.58. The second-order valence-electron chi connectivity index (χ2n) is 4.54. The number of para-hydroxylation sites is 1. The number of nitrogens with one attached hydrogen (secondary N) is 1. The molecule has 0 bridgehead atoms. The van der Waals surface area contributed by atoms with Crippen molar-refractivity contribution >= 4 is 50.0 Å². The Bertz CT molecular complexity index is 867. The van der Waals surface area contributed by atoms with Gasteiger partial charge in [-0.25, -0.2) is 9.98 Å². The Balaban J connectivity index is 2.04. The maximum atomic E-state index is 7.51. The van der Waals surface area contributed by atoms with Crippen LogP contribution in [0.1, 0.15) is 11.1 Å². The molecule has 0 spiro atoms. The van der Waals surface area contributed by atoms with Gasteiger partial charge in [-0.2, -0.15) is 0 Å². The average Bonchev–Trinajstić information content (AvgIpc) is 2.89. The van der Waals surface area contributed by atoms with Gasteiger partial charge in [0.05, 0.1) is 15.2 Å². The third kappa shape index (κ3) is 2.66. The molecule has 5 nitrogen and oxygen atoms in total. The van der Waals surface area contributed by atoms with Crippen molar-refractivity contribution in [3.05, 3.63) is 58.6 Å². The van der Waals surface area contributed by atoms with Crippen LogP contribution in [0.5, 0.6) is 0 Å². The lowest BCUT2D eigenvalue weighted by molar-refractivity contribution is 1.37. The molecule has 22 heavy (non-hydrogen) atoms. The maximum Gasteiger partial charge on any atom is 0.212 e. The van der Waals surface area contributed by atoms with Crippen LogP contribution >= 0.6 is 22.9 Å². The van der Waals surface area contributed by atoms with Crippen molar-refractivity contribution in [1.29, 1.82) is 5.41 Å². The highest BCUT2D eigenvalue weighted by Crippen LogP contribution is 2.28. The summed E-state index contributed by atoms with van der Waals surface area (Å²) in [7, 11) is 0. The number of amidine groups is 2. The number of nitrogens with zero attached hydrogens (tertiary/aromatic N) is 2. The molecule has 0 saturated heterocycles. The number of hydrogen-bond donors (Lipinski definition) is 3. The summed E-state index contributed by atoms with van der Waals surface area (Å²) in [6.45, 7) is 0. The lowest BCUT2D eigenvalue weighted by Gasteiger charge is -2.07. The molecule has 0 aliphatic rings. The van der Waals surface area contributed by atoms with E-state index in [-0.39, 0.29) is 11.7 Å². The van der Waals surface area contributed by atoms with Crippen LogP contribution in [0.4, 0.5) is 5.13 Å². The molecule has 1 heterocycles. The zero-order valence-corrected chi connectivity index (χ0v) is 12.9. The summed E-state index contributed by atoms with van der Waals surface area (Å²) in [6.07, 6.45) is 0. The lowest BCUT2D eigenvalue weighted by atomic mass is 10.1. The molecule has 0 unspecified atom stereocenters. The highest BCUT2D eigenvalue weighted by Gasteiger charge is 2.12. The predicted molar refractivity (Wildman–Crippen MR) is 92.5 cm³/mol. The fourth-order valence-corrected chi connectivity index (χ4v) is 3.18. The van der Waals surface area contributed by atoms with Crippen LogP contribution in [0.15, 0.2) is 47.5 Å². The van der Waals surface area contributed by atoms with Crippen molar-refractivity contribution in [3.63, 3.8) is 0 Å². The van der Waals surface area contributed by atoms with Gasteiger partial charge >= 0.3 is 0 Å². The molecule has 0 aliphatic heterocycles. The van der Waals surface area contributed by atoms with E-state index in [4.69, 9.17) is 28.5 Å². The molecule has 0 radical (unpaired) electrons. The van der Waals surface area contributed by atoms with Crippen molar-refractivity contribution in [2.45, 2.75) is 0 Å². The number of aliphatic imine (C=N–C) groups is 1. The van der Waals surface area contributed by atoms with Crippen LogP contribution in [-0.2, 0) is 0 Å². The molecular formula is C15H12ClN5S. The quantitative estimate of drug-likeness (QED) is 0.507. The minimum absolute atomic E-state index is 0.111. The van der Waals surface area contributed by atoms with E-state index < -0.39 is 0 Å². The smallest absolute Gasteiger partial charge is 0.212 e. The Labute approximate surface area is 135 Å². The minimum atomic E-state index is -0.111. The van der Waals surface area contributed by atoms with Gasteiger partial charge in [0.2, 0.25) is 5.13 Å². The van der Waals surface area contributed by atoms with Gasteiger partial charge in [-0.15, -0.1) is 0 Å². The molecule has 5 N–H and O–H groups in total. The zero-order chi connectivity index (χ0) is 15.7. The van der Waals surface area contributed by atoms with Crippen molar-refractivity contribution < 1.29 is 0 Å². The van der Waals surface area contributed by atoms with Crippen LogP contribution in [0, 0.1) is 5.41 Å². The SMILES string of the molecule is N=C(N)c1cccc(/C(N)=N/c2nc3ccccc3s2)c1Cl. The Morgan fingerprint density at radius 2 is 1.82 bits per heavy atom. The molecule has 0 amide bonds. The van der Waals surface area contributed by atoms with E-state index in [0.717, 1.165) is 10.2 Å². The highest BCUT2D eigenvalue weighted by molar-refractivity contribution is 7.22. The Hall–Kier alpha value is -2.44. The van der Waals surface area contributed by atoms with E-state index in [1.165, 1.54) is 11.3 Å². The van der Waals surface area contributed by atoms with Crippen molar-refractivity contribution in [2.24, 2.45) is 16.5 Å². The first-order valence-electron chi connectivity index (χ1n) is 6.39. The van der Waals surface area contributed by atoms with Crippen LogP contribution in [0.25, 0.3) is 10.2 Å². The number of thiazole rings is 1. The van der Waals surface area contributed by atoms with E-state index in [1.54, 1.807) is 18.2 Å². The Morgan fingerprint density at radius 3 is 2.55 bits per heavy atom. The van der Waals surface area contributed by atoms with Gasteiger partial charge in [-0.1, -0.05) is 41.1 Å². The molecule has 3 rings (SSSR count). The van der Waals surface area contributed by atoms with Crippen LogP contribution in [0.3, 0.4) is 0 Å². The molecule has 0 saturated carbocycles. The predicted octanol–water partition coefficient (Wildman–Crippen LogP) is 3.27. The number of nitrogens with two attached hydrogens (primary N) is 2. The summed E-state index contributed by atoms with van der Waals surface area (Å²) >= 11 is 7.69. The van der Waals surface area contributed by atoms with Crippen molar-refractivity contribution in [1.82, 2.24) is 4.98 Å². The molecule has 3 aromatic rings. The second-order valence-corrected chi connectivity index (χ2v) is 5.93. The number of rotatable bonds is 3. The molecule has 0 atom stereocenters. The monoisotopic (exact) mass is 329 g/mol. The fourth-order valence-electron chi connectivity index (χ4n) is 2.01. The van der Waals surface area contributed by atoms with Crippen molar-refractivity contribution in [2.75, 3.05) is 0 Å². The third-order valence-electron chi connectivity index (χ3n) is 3.06. The van der Waals surface area contributed by atoms with E-state index in [9.17, 15) is 0 Å². The standard InChI is InChI=1S/C15H12ClN5S/c16-12-8(13(17)18)4-3-5-9(12)14(19)21-15-20-10-6-1-2-7-11(10)22-15/h1-7H,(H3,17,18)(H2,19,20,21). The number of hydrogen-bond acceptors (Lipinski definition) is 4. The second kappa shape index (κ2) is 5.75. The fraction of sp³-hybridized carbons (Fsp3) is 0. The summed E-state index contributed by atoms with van der Waals surface area (Å²) in [4.78, 5) is 8.74. The highest BCUT2D eigenvalue weighted by atomic mass is 35.5. The van der Waals surface area contributed by atoms with E-state index in [2.05, 4.69) is 9.98 Å². The lowest BCUT2D eigenvalue weighted by Crippen LogP contribution is -2.17. The summed E-state index contributed by atoms with van der Waals surface area (Å²) < 4.78 is 1.04. The molecule has 0 aliphatic carbocycles. The van der Waals surface area contributed by atoms with Gasteiger partial charge in [0.15, 0.2) is 0 Å². The van der Waals surface area contributed by atoms with Gasteiger partial charge < -0.3 is 11.5 Å². The van der Waals surface area contributed by atoms with Gasteiger partial charge in [0.1, 0.15) is 11.7 Å². The first kappa shape index (κ1) is 14.5. The Kier molecular flexibility index (Phi) is 3.79. The van der Waals surface area contributed by atoms with E-state index in [0.29, 0.717) is 21.3 Å². The summed E-state index contributed by atoms with van der Waals surface area (Å²) in [5.74, 6) is 0.131. The van der Waals surface area contributed by atoms with Gasteiger partial charge in [-0.3, -0.25) is 5.41 Å². The molecule has 110 valence electrons. The molecule has 1 aromatic heterocycles. The van der Waals surface area contributed by atoms with Crippen LogP contribution in [-0.4, -0.2) is 16.7 Å². The summed E-state index contributed by atoms with van der Waals surface area (Å²) in [6, 6.07) is 12.9. The van der Waals surface area contributed by atoms with Crippen LogP contribution < -0.4 is 11.5 Å². The number of benzene rings is 2. The average molecular weight is 330 g/mol. The van der Waals surface area contributed by atoms with Gasteiger partial charge in [0.25, 0.3) is 0 Å². The number of halogens is 1. The van der Waals surface area contributed by atoms with Gasteiger partial charge in [0, 0.05) is 11.1 Å². The van der Waals surface area contributed by atoms with Crippen molar-refractivity contribution in [3.8, 4) is 0 Å². The normalized spacial score (nSPS) is 11.8. The summed E-state index contributed by atoms with van der Waals surface area (Å²) in [5, 5.41) is 8.39. The molecule has 2 aromatic carbocycles. The van der Waals surface area contributed by atoms with Gasteiger partial charge in [-0.05, 0) is 24.3 Å². The summed E-state index contributed by atoms with van der Waals surface area (Å²) in [5.41, 5.74) is 13.4. The molecule has 7 heteroatoms. The maximum absolute atomic E-state index is 7.51. The number of nitrogen functional groups attached to an aromatic ring is 1. The first-order chi connectivity index (χ1) is 10.6. The number of aromatic nitrogens is 1. The van der Waals surface area contributed by atoms with Crippen LogP contribution in [0.2, 0.25) is 5.02 Å². The molecule has 0 fully saturated rings. The number of fused-ring (bicyclic) bond motifs is 1. The van der Waals surface area contributed by atoms with E-state index >= 15 is 0 Å².